The SMILES string of the molecule is CC(C)(C)C(CCCCCCCCCCCCCc1ccc(O)cc1)CC(CC(=O)O)C(C)(C)C. The Hall–Kier alpha value is -1.51. The summed E-state index contributed by atoms with van der Waals surface area (Å²) < 4.78 is 0. The van der Waals surface area contributed by atoms with E-state index in [1.54, 1.807) is 12.1 Å². The van der Waals surface area contributed by atoms with Crippen LogP contribution in [0, 0.1) is 22.7 Å². The molecule has 2 N–H and O–H groups in total. The number of hydrogen-bond donors (Lipinski definition) is 2. The van der Waals surface area contributed by atoms with Crippen LogP contribution in [0.1, 0.15) is 137 Å². The standard InChI is InChI=1S/C32H56O3/c1-31(2,3)27(24-28(25-30(34)35)32(4,5)6)19-17-15-13-11-9-7-8-10-12-14-16-18-26-20-22-29(33)23-21-26/h20-23,27-28,33H,7-19,24-25H2,1-6H3,(H,34,35). The molecule has 1 aromatic carbocycles. The van der Waals surface area contributed by atoms with Crippen LogP contribution in [0.3, 0.4) is 0 Å². The summed E-state index contributed by atoms with van der Waals surface area (Å²) in [5, 5.41) is 18.7. The zero-order chi connectivity index (χ0) is 26.3. The lowest BCUT2D eigenvalue weighted by Crippen LogP contribution is -2.30. The smallest absolute Gasteiger partial charge is 0.303 e. The zero-order valence-electron chi connectivity index (χ0n) is 23.9. The molecule has 0 heterocycles. The molecule has 1 aromatic rings. The van der Waals surface area contributed by atoms with Crippen LogP contribution >= 0.6 is 0 Å². The number of carboxylic acid groups (broad SMARTS) is 1. The summed E-state index contributed by atoms with van der Waals surface area (Å²) in [7, 11) is 0. The molecule has 0 spiro atoms. The lowest BCUT2D eigenvalue weighted by Gasteiger charge is -2.38. The minimum Gasteiger partial charge on any atom is -0.508 e. The van der Waals surface area contributed by atoms with Crippen LogP contribution in [-0.4, -0.2) is 16.2 Å². The highest BCUT2D eigenvalue weighted by molar-refractivity contribution is 5.67. The summed E-state index contributed by atoms with van der Waals surface area (Å²) in [5.41, 5.74) is 1.59. The lowest BCUT2D eigenvalue weighted by molar-refractivity contribution is -0.139. The molecule has 35 heavy (non-hydrogen) atoms. The van der Waals surface area contributed by atoms with Gasteiger partial charge in [-0.25, -0.2) is 0 Å². The largest absolute Gasteiger partial charge is 0.508 e. The van der Waals surface area contributed by atoms with Gasteiger partial charge in [0.15, 0.2) is 0 Å². The van der Waals surface area contributed by atoms with Crippen molar-refractivity contribution in [2.45, 2.75) is 138 Å². The van der Waals surface area contributed by atoms with E-state index in [2.05, 4.69) is 41.5 Å². The van der Waals surface area contributed by atoms with Crippen LogP contribution < -0.4 is 0 Å². The summed E-state index contributed by atoms with van der Waals surface area (Å²) in [6.45, 7) is 13.6. The fourth-order valence-electron chi connectivity index (χ4n) is 5.18. The number of aliphatic carboxylic acids is 1. The molecule has 2 atom stereocenters. The second-order valence-corrected chi connectivity index (χ2v) is 13.1. The van der Waals surface area contributed by atoms with Crippen molar-refractivity contribution in [3.63, 3.8) is 0 Å². The van der Waals surface area contributed by atoms with Gasteiger partial charge in [-0.05, 0) is 66.0 Å². The number of phenols is 1. The Morgan fingerprint density at radius 2 is 1.11 bits per heavy atom. The molecule has 3 nitrogen and oxygen atoms in total. The summed E-state index contributed by atoms with van der Waals surface area (Å²) in [5.74, 6) is 0.508. The van der Waals surface area contributed by atoms with Crippen LogP contribution in [0.2, 0.25) is 0 Å². The monoisotopic (exact) mass is 488 g/mol. The van der Waals surface area contributed by atoms with E-state index in [1.807, 2.05) is 12.1 Å². The summed E-state index contributed by atoms with van der Waals surface area (Å²) in [6, 6.07) is 7.62. The van der Waals surface area contributed by atoms with Crippen molar-refractivity contribution in [1.82, 2.24) is 0 Å². The average Bonchev–Trinajstić information content (AvgIpc) is 2.74. The third kappa shape index (κ3) is 15.3. The topological polar surface area (TPSA) is 57.5 Å². The Morgan fingerprint density at radius 1 is 0.686 bits per heavy atom. The van der Waals surface area contributed by atoms with Crippen molar-refractivity contribution < 1.29 is 15.0 Å². The predicted octanol–water partition coefficient (Wildman–Crippen LogP) is 9.81. The number of carbonyl (C=O) groups is 1. The van der Waals surface area contributed by atoms with E-state index < -0.39 is 5.97 Å². The van der Waals surface area contributed by atoms with Crippen LogP contribution in [0.15, 0.2) is 24.3 Å². The molecule has 0 bridgehead atoms. The second kappa shape index (κ2) is 16.3. The van der Waals surface area contributed by atoms with Gasteiger partial charge in [-0.3, -0.25) is 4.79 Å². The fraction of sp³-hybridized carbons (Fsp3) is 0.781. The average molecular weight is 489 g/mol. The Morgan fingerprint density at radius 3 is 1.54 bits per heavy atom. The molecule has 3 heteroatoms. The molecule has 0 aromatic heterocycles. The molecular formula is C32H56O3. The molecular weight excluding hydrogens is 432 g/mol. The number of phenolic OH excluding ortho intramolecular Hbond substituents is 1. The first kappa shape index (κ1) is 31.5. The first-order chi connectivity index (χ1) is 16.4. The van der Waals surface area contributed by atoms with E-state index in [-0.39, 0.29) is 23.2 Å². The molecule has 0 amide bonds. The number of aromatic hydroxyl groups is 1. The van der Waals surface area contributed by atoms with E-state index in [9.17, 15) is 15.0 Å². The highest BCUT2D eigenvalue weighted by Gasteiger charge is 2.33. The third-order valence-electron chi connectivity index (χ3n) is 7.89. The van der Waals surface area contributed by atoms with Gasteiger partial charge in [0.2, 0.25) is 0 Å². The van der Waals surface area contributed by atoms with Crippen LogP contribution in [0.5, 0.6) is 5.75 Å². The maximum absolute atomic E-state index is 11.4. The molecule has 1 rings (SSSR count). The van der Waals surface area contributed by atoms with Gasteiger partial charge < -0.3 is 10.2 Å². The van der Waals surface area contributed by atoms with Crippen molar-refractivity contribution in [3.05, 3.63) is 29.8 Å². The van der Waals surface area contributed by atoms with Crippen LogP contribution in [0.25, 0.3) is 0 Å². The lowest BCUT2D eigenvalue weighted by atomic mass is 9.67. The number of carboxylic acids is 1. The highest BCUT2D eigenvalue weighted by Crippen LogP contribution is 2.41. The first-order valence-corrected chi connectivity index (χ1v) is 14.4. The minimum absolute atomic E-state index is 0.0364. The number of benzene rings is 1. The summed E-state index contributed by atoms with van der Waals surface area (Å²) >= 11 is 0. The molecule has 0 aliphatic rings. The van der Waals surface area contributed by atoms with E-state index in [0.29, 0.717) is 11.7 Å². The Labute approximate surface area is 217 Å². The zero-order valence-corrected chi connectivity index (χ0v) is 23.9. The van der Waals surface area contributed by atoms with Gasteiger partial charge in [0.05, 0.1) is 0 Å². The van der Waals surface area contributed by atoms with Crippen LogP contribution in [-0.2, 0) is 11.2 Å². The van der Waals surface area contributed by atoms with E-state index in [4.69, 9.17) is 0 Å². The van der Waals surface area contributed by atoms with Gasteiger partial charge in [0.25, 0.3) is 0 Å². The van der Waals surface area contributed by atoms with E-state index >= 15 is 0 Å². The summed E-state index contributed by atoms with van der Waals surface area (Å²) in [4.78, 5) is 11.4. The van der Waals surface area contributed by atoms with Gasteiger partial charge in [-0.2, -0.15) is 0 Å². The second-order valence-electron chi connectivity index (χ2n) is 13.1. The quantitative estimate of drug-likeness (QED) is 0.202. The van der Waals surface area contributed by atoms with Crippen molar-refractivity contribution >= 4 is 5.97 Å². The minimum atomic E-state index is -0.660. The van der Waals surface area contributed by atoms with E-state index in [0.717, 1.165) is 12.8 Å². The third-order valence-corrected chi connectivity index (χ3v) is 7.89. The van der Waals surface area contributed by atoms with Gasteiger partial charge in [-0.1, -0.05) is 118 Å². The van der Waals surface area contributed by atoms with Crippen molar-refractivity contribution in [2.75, 3.05) is 0 Å². The molecule has 0 radical (unpaired) electrons. The molecule has 0 fully saturated rings. The number of unbranched alkanes of at least 4 members (excludes halogenated alkanes) is 10. The van der Waals surface area contributed by atoms with Crippen LogP contribution in [0.4, 0.5) is 0 Å². The molecule has 2 unspecified atom stereocenters. The highest BCUT2D eigenvalue weighted by atomic mass is 16.4. The fourth-order valence-corrected chi connectivity index (χ4v) is 5.18. The number of hydrogen-bond acceptors (Lipinski definition) is 2. The molecule has 0 aliphatic heterocycles. The number of rotatable bonds is 18. The normalized spacial score (nSPS) is 14.1. The van der Waals surface area contributed by atoms with Crippen molar-refractivity contribution in [3.8, 4) is 5.75 Å². The first-order valence-electron chi connectivity index (χ1n) is 14.4. The van der Waals surface area contributed by atoms with Gasteiger partial charge in [0, 0.05) is 6.42 Å². The van der Waals surface area contributed by atoms with E-state index in [1.165, 1.54) is 82.6 Å². The Balaban J connectivity index is 2.11. The maximum atomic E-state index is 11.4. The van der Waals surface area contributed by atoms with Gasteiger partial charge in [0.1, 0.15) is 5.75 Å². The number of aryl methyl sites for hydroxylation is 1. The van der Waals surface area contributed by atoms with Crippen molar-refractivity contribution in [2.24, 2.45) is 22.7 Å². The molecule has 0 saturated carbocycles. The Kier molecular flexibility index (Phi) is 14.7. The Bertz CT molecular complexity index is 678. The maximum Gasteiger partial charge on any atom is 0.303 e. The molecule has 202 valence electrons. The summed E-state index contributed by atoms with van der Waals surface area (Å²) in [6.07, 6.45) is 18.2. The molecule has 0 aliphatic carbocycles. The van der Waals surface area contributed by atoms with Gasteiger partial charge in [-0.15, -0.1) is 0 Å². The predicted molar refractivity (Wildman–Crippen MR) is 150 cm³/mol. The molecule has 0 saturated heterocycles. The van der Waals surface area contributed by atoms with Gasteiger partial charge >= 0.3 is 5.97 Å². The van der Waals surface area contributed by atoms with Crippen molar-refractivity contribution in [1.29, 1.82) is 0 Å².